The van der Waals surface area contributed by atoms with E-state index >= 15 is 0 Å². The Balaban J connectivity index is 2.79. The molecule has 0 aliphatic heterocycles. The van der Waals surface area contributed by atoms with Crippen molar-refractivity contribution in [3.8, 4) is 0 Å². The largest absolute Gasteiger partial charge is 0.469 e. The minimum absolute atomic E-state index is 0.0527. The van der Waals surface area contributed by atoms with Crippen LogP contribution in [-0.2, 0) is 6.42 Å². The Kier molecular flexibility index (Phi) is 2.91. The standard InChI is InChI=1S/C9H13NO2/c1-3-8-7(5-6-12-8)9(11)10-4-2/h5-6H,3-4H2,1-2H3,(H,10,11). The van der Waals surface area contributed by atoms with Crippen LogP contribution in [-0.4, -0.2) is 12.5 Å². The van der Waals surface area contributed by atoms with Gasteiger partial charge in [0.05, 0.1) is 11.8 Å². The van der Waals surface area contributed by atoms with E-state index < -0.39 is 0 Å². The maximum Gasteiger partial charge on any atom is 0.254 e. The molecule has 0 aromatic carbocycles. The van der Waals surface area contributed by atoms with Crippen molar-refractivity contribution in [1.82, 2.24) is 5.32 Å². The number of carbonyl (C=O) groups is 1. The Bertz CT molecular complexity index is 265. The highest BCUT2D eigenvalue weighted by Gasteiger charge is 2.11. The Morgan fingerprint density at radius 3 is 2.92 bits per heavy atom. The number of rotatable bonds is 3. The monoisotopic (exact) mass is 167 g/mol. The summed E-state index contributed by atoms with van der Waals surface area (Å²) in [4.78, 5) is 11.3. The van der Waals surface area contributed by atoms with Gasteiger partial charge in [0, 0.05) is 13.0 Å². The molecule has 0 atom stereocenters. The summed E-state index contributed by atoms with van der Waals surface area (Å²) < 4.78 is 5.12. The molecular formula is C9H13NO2. The van der Waals surface area contributed by atoms with Crippen molar-refractivity contribution in [1.29, 1.82) is 0 Å². The highest BCUT2D eigenvalue weighted by molar-refractivity contribution is 5.95. The Hall–Kier alpha value is -1.25. The van der Waals surface area contributed by atoms with Gasteiger partial charge in [0.15, 0.2) is 0 Å². The first-order chi connectivity index (χ1) is 5.79. The number of hydrogen-bond acceptors (Lipinski definition) is 2. The first kappa shape index (κ1) is 8.84. The highest BCUT2D eigenvalue weighted by atomic mass is 16.3. The summed E-state index contributed by atoms with van der Waals surface area (Å²) >= 11 is 0. The average molecular weight is 167 g/mol. The zero-order chi connectivity index (χ0) is 8.97. The molecule has 66 valence electrons. The second kappa shape index (κ2) is 3.95. The van der Waals surface area contributed by atoms with E-state index in [0.29, 0.717) is 12.1 Å². The van der Waals surface area contributed by atoms with Crippen LogP contribution in [0.15, 0.2) is 16.7 Å². The van der Waals surface area contributed by atoms with Gasteiger partial charge in [0.1, 0.15) is 5.76 Å². The predicted octanol–water partition coefficient (Wildman–Crippen LogP) is 1.59. The molecule has 1 amide bonds. The molecule has 0 fully saturated rings. The van der Waals surface area contributed by atoms with Crippen molar-refractivity contribution in [3.05, 3.63) is 23.7 Å². The summed E-state index contributed by atoms with van der Waals surface area (Å²) in [6.45, 7) is 4.50. The smallest absolute Gasteiger partial charge is 0.254 e. The van der Waals surface area contributed by atoms with Crippen molar-refractivity contribution >= 4 is 5.91 Å². The van der Waals surface area contributed by atoms with Crippen LogP contribution < -0.4 is 5.32 Å². The summed E-state index contributed by atoms with van der Waals surface area (Å²) in [5.74, 6) is 0.698. The number of aryl methyl sites for hydroxylation is 1. The average Bonchev–Trinajstić information content (AvgIpc) is 2.51. The summed E-state index contributed by atoms with van der Waals surface area (Å²) in [5, 5.41) is 2.72. The van der Waals surface area contributed by atoms with Gasteiger partial charge in [-0.1, -0.05) is 6.92 Å². The first-order valence-electron chi connectivity index (χ1n) is 4.14. The lowest BCUT2D eigenvalue weighted by Gasteiger charge is -1.99. The van der Waals surface area contributed by atoms with E-state index in [1.807, 2.05) is 13.8 Å². The molecule has 1 heterocycles. The number of furan rings is 1. The minimum Gasteiger partial charge on any atom is -0.469 e. The third-order valence-corrected chi connectivity index (χ3v) is 1.65. The third-order valence-electron chi connectivity index (χ3n) is 1.65. The minimum atomic E-state index is -0.0527. The number of carbonyl (C=O) groups excluding carboxylic acids is 1. The van der Waals surface area contributed by atoms with Crippen LogP contribution in [0.1, 0.15) is 30.0 Å². The van der Waals surface area contributed by atoms with Crippen LogP contribution >= 0.6 is 0 Å². The third kappa shape index (κ3) is 1.67. The van der Waals surface area contributed by atoms with Crippen LogP contribution in [0.3, 0.4) is 0 Å². The van der Waals surface area contributed by atoms with Gasteiger partial charge in [-0.05, 0) is 13.0 Å². The Morgan fingerprint density at radius 1 is 1.58 bits per heavy atom. The van der Waals surface area contributed by atoms with Crippen LogP contribution in [0.4, 0.5) is 0 Å². The fourth-order valence-corrected chi connectivity index (χ4v) is 1.07. The zero-order valence-electron chi connectivity index (χ0n) is 7.39. The van der Waals surface area contributed by atoms with Gasteiger partial charge in [0.25, 0.3) is 5.91 Å². The highest BCUT2D eigenvalue weighted by Crippen LogP contribution is 2.10. The molecule has 3 heteroatoms. The molecular weight excluding hydrogens is 154 g/mol. The van der Waals surface area contributed by atoms with Crippen molar-refractivity contribution in [3.63, 3.8) is 0 Å². The SMILES string of the molecule is CCNC(=O)c1ccoc1CC. The second-order valence-corrected chi connectivity index (χ2v) is 2.47. The van der Waals surface area contributed by atoms with Crippen molar-refractivity contribution in [2.45, 2.75) is 20.3 Å². The van der Waals surface area contributed by atoms with Crippen LogP contribution in [0.2, 0.25) is 0 Å². The van der Waals surface area contributed by atoms with E-state index in [1.165, 1.54) is 0 Å². The quantitative estimate of drug-likeness (QED) is 0.742. The van der Waals surface area contributed by atoms with Crippen molar-refractivity contribution in [2.75, 3.05) is 6.54 Å². The summed E-state index contributed by atoms with van der Waals surface area (Å²) in [5.41, 5.74) is 0.652. The molecule has 3 nitrogen and oxygen atoms in total. The van der Waals surface area contributed by atoms with Gasteiger partial charge in [0.2, 0.25) is 0 Å². The van der Waals surface area contributed by atoms with Gasteiger partial charge in [-0.3, -0.25) is 4.79 Å². The van der Waals surface area contributed by atoms with Crippen molar-refractivity contribution < 1.29 is 9.21 Å². The fraction of sp³-hybridized carbons (Fsp3) is 0.444. The van der Waals surface area contributed by atoms with Gasteiger partial charge in [-0.2, -0.15) is 0 Å². The van der Waals surface area contributed by atoms with Crippen molar-refractivity contribution in [2.24, 2.45) is 0 Å². The molecule has 0 unspecified atom stereocenters. The predicted molar refractivity (Wildman–Crippen MR) is 46.1 cm³/mol. The molecule has 1 N–H and O–H groups in total. The van der Waals surface area contributed by atoms with Gasteiger partial charge in [-0.25, -0.2) is 0 Å². The summed E-state index contributed by atoms with van der Waals surface area (Å²) in [7, 11) is 0. The second-order valence-electron chi connectivity index (χ2n) is 2.47. The Labute approximate surface area is 71.8 Å². The summed E-state index contributed by atoms with van der Waals surface area (Å²) in [6, 6.07) is 1.70. The zero-order valence-corrected chi connectivity index (χ0v) is 7.39. The molecule has 0 radical (unpaired) electrons. The molecule has 0 saturated carbocycles. The first-order valence-corrected chi connectivity index (χ1v) is 4.14. The lowest BCUT2D eigenvalue weighted by atomic mass is 10.2. The molecule has 0 saturated heterocycles. The van der Waals surface area contributed by atoms with Crippen LogP contribution in [0, 0.1) is 0 Å². The molecule has 1 rings (SSSR count). The molecule has 1 aromatic heterocycles. The van der Waals surface area contributed by atoms with Crippen LogP contribution in [0.5, 0.6) is 0 Å². The maximum atomic E-state index is 11.3. The topological polar surface area (TPSA) is 42.2 Å². The number of amides is 1. The molecule has 0 aliphatic carbocycles. The van der Waals surface area contributed by atoms with E-state index in [9.17, 15) is 4.79 Å². The van der Waals surface area contributed by atoms with Gasteiger partial charge >= 0.3 is 0 Å². The van der Waals surface area contributed by atoms with E-state index in [0.717, 1.165) is 12.2 Å². The number of nitrogens with one attached hydrogen (secondary N) is 1. The molecule has 0 aliphatic rings. The fourth-order valence-electron chi connectivity index (χ4n) is 1.07. The normalized spacial score (nSPS) is 9.83. The van der Waals surface area contributed by atoms with Gasteiger partial charge in [-0.15, -0.1) is 0 Å². The van der Waals surface area contributed by atoms with Gasteiger partial charge < -0.3 is 9.73 Å². The van der Waals surface area contributed by atoms with E-state index in [2.05, 4.69) is 5.32 Å². The van der Waals surface area contributed by atoms with E-state index in [1.54, 1.807) is 12.3 Å². The Morgan fingerprint density at radius 2 is 2.33 bits per heavy atom. The van der Waals surface area contributed by atoms with E-state index in [-0.39, 0.29) is 5.91 Å². The molecule has 0 spiro atoms. The summed E-state index contributed by atoms with van der Waals surface area (Å²) in [6.07, 6.45) is 2.29. The molecule has 0 bridgehead atoms. The molecule has 12 heavy (non-hydrogen) atoms. The lowest BCUT2D eigenvalue weighted by molar-refractivity contribution is 0.0954. The number of hydrogen-bond donors (Lipinski definition) is 1. The lowest BCUT2D eigenvalue weighted by Crippen LogP contribution is -2.23. The van der Waals surface area contributed by atoms with Crippen LogP contribution in [0.25, 0.3) is 0 Å². The molecule has 1 aromatic rings. The van der Waals surface area contributed by atoms with E-state index in [4.69, 9.17) is 4.42 Å². The maximum absolute atomic E-state index is 11.3.